The maximum absolute atomic E-state index is 10.6. The van der Waals surface area contributed by atoms with Crippen LogP contribution in [0.5, 0.6) is 0 Å². The zero-order chi connectivity index (χ0) is 15.8. The standard InChI is InChI=1S/C13H29O7P/c14-6-4-9-20-12-11-19-8-3-1-2-7-18-10-5-13-21(15,16)17/h14H,1-13H2,(H2,15,16,17). The fraction of sp³-hybridized carbons (Fsp3) is 1.00. The molecule has 0 heterocycles. The summed E-state index contributed by atoms with van der Waals surface area (Å²) in [5.41, 5.74) is 0. The summed E-state index contributed by atoms with van der Waals surface area (Å²) < 4.78 is 26.5. The Balaban J connectivity index is 3.01. The van der Waals surface area contributed by atoms with Crippen LogP contribution in [-0.2, 0) is 18.8 Å². The summed E-state index contributed by atoms with van der Waals surface area (Å²) in [5, 5.41) is 8.54. The number of aliphatic hydroxyl groups is 1. The van der Waals surface area contributed by atoms with E-state index in [0.29, 0.717) is 52.5 Å². The molecule has 0 aromatic rings. The van der Waals surface area contributed by atoms with Crippen molar-refractivity contribution in [3.63, 3.8) is 0 Å². The molecule has 0 aliphatic carbocycles. The lowest BCUT2D eigenvalue weighted by Crippen LogP contribution is -2.07. The van der Waals surface area contributed by atoms with E-state index in [1.54, 1.807) is 0 Å². The van der Waals surface area contributed by atoms with Crippen LogP contribution in [0.1, 0.15) is 32.1 Å². The molecule has 0 rings (SSSR count). The third-order valence-corrected chi connectivity index (χ3v) is 3.53. The van der Waals surface area contributed by atoms with Gasteiger partial charge in [-0.3, -0.25) is 4.57 Å². The fourth-order valence-electron chi connectivity index (χ4n) is 1.55. The van der Waals surface area contributed by atoms with Crippen molar-refractivity contribution in [2.24, 2.45) is 0 Å². The summed E-state index contributed by atoms with van der Waals surface area (Å²) >= 11 is 0. The van der Waals surface area contributed by atoms with Gasteiger partial charge in [-0.05, 0) is 32.1 Å². The lowest BCUT2D eigenvalue weighted by atomic mass is 10.2. The molecule has 0 spiro atoms. The van der Waals surface area contributed by atoms with Gasteiger partial charge in [-0.2, -0.15) is 0 Å². The maximum Gasteiger partial charge on any atom is 0.325 e. The lowest BCUT2D eigenvalue weighted by molar-refractivity contribution is 0.0406. The van der Waals surface area contributed by atoms with Crippen molar-refractivity contribution in [3.05, 3.63) is 0 Å². The third kappa shape index (κ3) is 20.0. The van der Waals surface area contributed by atoms with E-state index < -0.39 is 7.60 Å². The van der Waals surface area contributed by atoms with Crippen molar-refractivity contribution in [3.8, 4) is 0 Å². The van der Waals surface area contributed by atoms with Crippen LogP contribution in [0.15, 0.2) is 0 Å². The summed E-state index contributed by atoms with van der Waals surface area (Å²) in [6, 6.07) is 0. The molecular weight excluding hydrogens is 299 g/mol. The van der Waals surface area contributed by atoms with E-state index >= 15 is 0 Å². The predicted molar refractivity (Wildman–Crippen MR) is 79.5 cm³/mol. The van der Waals surface area contributed by atoms with Gasteiger partial charge in [0.05, 0.1) is 19.4 Å². The first kappa shape index (κ1) is 21.0. The van der Waals surface area contributed by atoms with Gasteiger partial charge >= 0.3 is 7.60 Å². The Morgan fingerprint density at radius 1 is 0.667 bits per heavy atom. The second kappa shape index (κ2) is 14.9. The molecule has 0 saturated carbocycles. The molecule has 0 unspecified atom stereocenters. The molecule has 0 atom stereocenters. The molecule has 0 saturated heterocycles. The lowest BCUT2D eigenvalue weighted by Gasteiger charge is -2.06. The van der Waals surface area contributed by atoms with Crippen LogP contribution in [0, 0.1) is 0 Å². The topological polar surface area (TPSA) is 105 Å². The van der Waals surface area contributed by atoms with Gasteiger partial charge in [-0.25, -0.2) is 0 Å². The predicted octanol–water partition coefficient (Wildman–Crippen LogP) is 1.16. The minimum absolute atomic E-state index is 0.110. The second-order valence-electron chi connectivity index (χ2n) is 4.72. The number of aliphatic hydroxyl groups excluding tert-OH is 1. The normalized spacial score (nSPS) is 12.0. The van der Waals surface area contributed by atoms with Gasteiger partial charge in [-0.15, -0.1) is 0 Å². The smallest absolute Gasteiger partial charge is 0.325 e. The molecule has 7 nitrogen and oxygen atoms in total. The van der Waals surface area contributed by atoms with E-state index in [0.717, 1.165) is 19.3 Å². The van der Waals surface area contributed by atoms with Crippen LogP contribution in [0.3, 0.4) is 0 Å². The van der Waals surface area contributed by atoms with E-state index in [4.69, 9.17) is 29.1 Å². The van der Waals surface area contributed by atoms with E-state index in [9.17, 15) is 4.57 Å². The number of rotatable bonds is 16. The van der Waals surface area contributed by atoms with Gasteiger partial charge in [0.2, 0.25) is 0 Å². The summed E-state index contributed by atoms with van der Waals surface area (Å²) in [7, 11) is -3.87. The molecule has 8 heteroatoms. The van der Waals surface area contributed by atoms with Crippen LogP contribution in [0.25, 0.3) is 0 Å². The SMILES string of the molecule is O=P(O)(O)CCCOCCCCCOCCOCCCO. The summed E-state index contributed by atoms with van der Waals surface area (Å²) in [5.74, 6) is 0. The molecule has 3 N–H and O–H groups in total. The van der Waals surface area contributed by atoms with Crippen LogP contribution >= 0.6 is 7.60 Å². The van der Waals surface area contributed by atoms with E-state index in [-0.39, 0.29) is 12.8 Å². The summed E-state index contributed by atoms with van der Waals surface area (Å²) in [6.07, 6.45) is 3.83. The van der Waals surface area contributed by atoms with Crippen molar-refractivity contribution in [2.45, 2.75) is 32.1 Å². The Morgan fingerprint density at radius 2 is 1.14 bits per heavy atom. The molecule has 0 fully saturated rings. The average Bonchev–Trinajstić information content (AvgIpc) is 2.42. The van der Waals surface area contributed by atoms with Crippen molar-refractivity contribution in [2.75, 3.05) is 52.4 Å². The van der Waals surface area contributed by atoms with Crippen LogP contribution in [0.2, 0.25) is 0 Å². The highest BCUT2D eigenvalue weighted by Gasteiger charge is 2.11. The Labute approximate surface area is 126 Å². The minimum Gasteiger partial charge on any atom is -0.396 e. The van der Waals surface area contributed by atoms with Crippen LogP contribution < -0.4 is 0 Å². The minimum atomic E-state index is -3.87. The quantitative estimate of drug-likeness (QED) is 0.288. The number of hydrogen-bond donors (Lipinski definition) is 3. The number of unbranched alkanes of at least 4 members (excludes halogenated alkanes) is 2. The molecule has 0 amide bonds. The highest BCUT2D eigenvalue weighted by molar-refractivity contribution is 7.51. The van der Waals surface area contributed by atoms with Crippen molar-refractivity contribution < 1.29 is 33.7 Å². The largest absolute Gasteiger partial charge is 0.396 e. The molecule has 0 aliphatic heterocycles. The van der Waals surface area contributed by atoms with Crippen molar-refractivity contribution in [1.29, 1.82) is 0 Å². The number of ether oxygens (including phenoxy) is 3. The van der Waals surface area contributed by atoms with Gasteiger partial charge in [0.1, 0.15) is 0 Å². The zero-order valence-electron chi connectivity index (χ0n) is 12.6. The molecule has 21 heavy (non-hydrogen) atoms. The fourth-order valence-corrected chi connectivity index (χ4v) is 2.09. The average molecular weight is 328 g/mol. The zero-order valence-corrected chi connectivity index (χ0v) is 13.5. The van der Waals surface area contributed by atoms with Crippen LogP contribution in [-0.4, -0.2) is 67.3 Å². The van der Waals surface area contributed by atoms with Gasteiger partial charge in [0.25, 0.3) is 0 Å². The highest BCUT2D eigenvalue weighted by atomic mass is 31.2. The summed E-state index contributed by atoms with van der Waals surface area (Å²) in [6.45, 7) is 3.56. The molecule has 0 radical (unpaired) electrons. The Morgan fingerprint density at radius 3 is 1.67 bits per heavy atom. The molecule has 0 aliphatic rings. The maximum atomic E-state index is 10.6. The van der Waals surface area contributed by atoms with Gasteiger partial charge in [0, 0.05) is 33.0 Å². The first-order valence-corrected chi connectivity index (χ1v) is 9.24. The Hall–Kier alpha value is -0.0100. The van der Waals surface area contributed by atoms with Crippen LogP contribution in [0.4, 0.5) is 0 Å². The van der Waals surface area contributed by atoms with Crippen molar-refractivity contribution >= 4 is 7.60 Å². The van der Waals surface area contributed by atoms with Crippen molar-refractivity contribution in [1.82, 2.24) is 0 Å². The molecule has 0 aromatic carbocycles. The molecule has 0 bridgehead atoms. The summed E-state index contributed by atoms with van der Waals surface area (Å²) in [4.78, 5) is 17.3. The number of hydrogen-bond acceptors (Lipinski definition) is 5. The van der Waals surface area contributed by atoms with E-state index in [1.807, 2.05) is 0 Å². The first-order valence-electron chi connectivity index (χ1n) is 7.45. The monoisotopic (exact) mass is 328 g/mol. The highest BCUT2D eigenvalue weighted by Crippen LogP contribution is 2.34. The van der Waals surface area contributed by atoms with Gasteiger partial charge in [-0.1, -0.05) is 0 Å². The Kier molecular flexibility index (Phi) is 14.9. The van der Waals surface area contributed by atoms with E-state index in [1.165, 1.54) is 0 Å². The molecular formula is C13H29O7P. The third-order valence-electron chi connectivity index (χ3n) is 2.63. The second-order valence-corrected chi connectivity index (χ2v) is 6.49. The first-order chi connectivity index (χ1) is 10.1. The van der Waals surface area contributed by atoms with Gasteiger partial charge < -0.3 is 29.1 Å². The van der Waals surface area contributed by atoms with E-state index in [2.05, 4.69) is 0 Å². The van der Waals surface area contributed by atoms with Gasteiger partial charge in [0.15, 0.2) is 0 Å². The molecule has 128 valence electrons. The molecule has 0 aromatic heterocycles. The Bertz CT molecular complexity index is 257.